The highest BCUT2D eigenvalue weighted by Crippen LogP contribution is 2.28. The van der Waals surface area contributed by atoms with E-state index in [2.05, 4.69) is 11.4 Å². The number of nitrogens with zero attached hydrogens (tertiary/aromatic N) is 2. The van der Waals surface area contributed by atoms with Gasteiger partial charge in [-0.25, -0.2) is 0 Å². The Balaban J connectivity index is 1.85. The molecule has 1 N–H and O–H groups in total. The van der Waals surface area contributed by atoms with E-state index in [0.29, 0.717) is 24.9 Å². The van der Waals surface area contributed by atoms with Gasteiger partial charge in [-0.2, -0.15) is 5.26 Å². The van der Waals surface area contributed by atoms with E-state index < -0.39 is 11.9 Å². The molecule has 0 aromatic heterocycles. The van der Waals surface area contributed by atoms with Crippen molar-refractivity contribution in [3.63, 3.8) is 0 Å². The average Bonchev–Trinajstić information content (AvgIpc) is 2.76. The number of hydrogen-bond donors (Lipinski definition) is 1. The predicted molar refractivity (Wildman–Crippen MR) is 71.8 cm³/mol. The van der Waals surface area contributed by atoms with Crippen molar-refractivity contribution in [2.24, 2.45) is 0 Å². The molecule has 3 amide bonds. The number of benzene rings is 1. The maximum absolute atomic E-state index is 12.4. The molecule has 3 rings (SSSR count). The van der Waals surface area contributed by atoms with Crippen molar-refractivity contribution in [3.8, 4) is 6.07 Å². The van der Waals surface area contributed by atoms with Crippen LogP contribution < -0.4 is 5.32 Å². The van der Waals surface area contributed by atoms with Crippen LogP contribution in [0, 0.1) is 11.3 Å². The summed E-state index contributed by atoms with van der Waals surface area (Å²) in [7, 11) is 0. The lowest BCUT2D eigenvalue weighted by Gasteiger charge is -2.29. The Hall–Kier alpha value is -2.68. The monoisotopic (exact) mass is 283 g/mol. The number of amides is 3. The number of piperidine rings is 1. The molecule has 2 aliphatic rings. The Bertz CT molecular complexity index is 690. The molecule has 0 saturated carbocycles. The third-order valence-corrected chi connectivity index (χ3v) is 3.87. The van der Waals surface area contributed by atoms with Gasteiger partial charge in [0.1, 0.15) is 6.04 Å². The Kier molecular flexibility index (Phi) is 3.18. The zero-order chi connectivity index (χ0) is 15.0. The van der Waals surface area contributed by atoms with Crippen LogP contribution in [-0.4, -0.2) is 28.7 Å². The minimum Gasteiger partial charge on any atom is -0.322 e. The minimum absolute atomic E-state index is 0.192. The molecule has 6 nitrogen and oxygen atoms in total. The van der Waals surface area contributed by atoms with Gasteiger partial charge in [0.05, 0.1) is 12.5 Å². The number of carbonyl (C=O) groups excluding carboxylic acids is 3. The smallest absolute Gasteiger partial charge is 0.255 e. The summed E-state index contributed by atoms with van der Waals surface area (Å²) >= 11 is 0. The maximum atomic E-state index is 12.4. The molecule has 1 saturated heterocycles. The Morgan fingerprint density at radius 1 is 1.33 bits per heavy atom. The second kappa shape index (κ2) is 5.02. The number of nitriles is 1. The molecule has 0 bridgehead atoms. The summed E-state index contributed by atoms with van der Waals surface area (Å²) in [4.78, 5) is 37.0. The van der Waals surface area contributed by atoms with Crippen LogP contribution in [0.15, 0.2) is 18.2 Å². The van der Waals surface area contributed by atoms with E-state index in [-0.39, 0.29) is 18.2 Å². The molecule has 0 aliphatic carbocycles. The van der Waals surface area contributed by atoms with E-state index in [1.54, 1.807) is 12.1 Å². The van der Waals surface area contributed by atoms with Crippen molar-refractivity contribution in [2.75, 3.05) is 0 Å². The van der Waals surface area contributed by atoms with Crippen molar-refractivity contribution < 1.29 is 14.4 Å². The first-order valence-electron chi connectivity index (χ1n) is 6.73. The summed E-state index contributed by atoms with van der Waals surface area (Å²) in [5, 5.41) is 11.0. The summed E-state index contributed by atoms with van der Waals surface area (Å²) in [6, 6.07) is 6.78. The fourth-order valence-corrected chi connectivity index (χ4v) is 2.83. The van der Waals surface area contributed by atoms with E-state index in [4.69, 9.17) is 5.26 Å². The molecule has 2 aliphatic heterocycles. The number of hydrogen-bond acceptors (Lipinski definition) is 4. The molecule has 1 aromatic rings. The molecule has 0 spiro atoms. The number of fused-ring (bicyclic) bond motifs is 1. The number of rotatable bonds is 2. The summed E-state index contributed by atoms with van der Waals surface area (Å²) in [6.07, 6.45) is 0.894. The van der Waals surface area contributed by atoms with Crippen LogP contribution >= 0.6 is 0 Å². The van der Waals surface area contributed by atoms with Crippen LogP contribution in [0.25, 0.3) is 0 Å². The fourth-order valence-electron chi connectivity index (χ4n) is 2.83. The minimum atomic E-state index is -0.595. The van der Waals surface area contributed by atoms with E-state index in [1.807, 2.05) is 6.07 Å². The highest BCUT2D eigenvalue weighted by molar-refractivity contribution is 6.05. The van der Waals surface area contributed by atoms with Crippen LogP contribution in [0.3, 0.4) is 0 Å². The van der Waals surface area contributed by atoms with Crippen molar-refractivity contribution in [2.45, 2.75) is 31.8 Å². The second-order valence-electron chi connectivity index (χ2n) is 5.23. The normalized spacial score (nSPS) is 21.0. The van der Waals surface area contributed by atoms with Gasteiger partial charge >= 0.3 is 0 Å². The lowest BCUT2D eigenvalue weighted by Crippen LogP contribution is -2.52. The zero-order valence-electron chi connectivity index (χ0n) is 11.3. The van der Waals surface area contributed by atoms with Gasteiger partial charge < -0.3 is 4.90 Å². The van der Waals surface area contributed by atoms with Gasteiger partial charge in [0.25, 0.3) is 5.91 Å². The third kappa shape index (κ3) is 2.27. The zero-order valence-corrected chi connectivity index (χ0v) is 11.3. The topological polar surface area (TPSA) is 90.3 Å². The number of nitrogens with one attached hydrogen (secondary N) is 1. The first-order chi connectivity index (χ1) is 10.1. The van der Waals surface area contributed by atoms with Crippen molar-refractivity contribution in [1.82, 2.24) is 10.2 Å². The lowest BCUT2D eigenvalue weighted by atomic mass is 10.0. The highest BCUT2D eigenvalue weighted by Gasteiger charge is 2.38. The van der Waals surface area contributed by atoms with E-state index in [1.165, 1.54) is 4.90 Å². The molecule has 1 atom stereocenters. The van der Waals surface area contributed by atoms with Crippen molar-refractivity contribution >= 4 is 17.7 Å². The molecular weight excluding hydrogens is 270 g/mol. The molecule has 2 heterocycles. The highest BCUT2D eigenvalue weighted by atomic mass is 16.2. The summed E-state index contributed by atoms with van der Waals surface area (Å²) in [5.74, 6) is -0.899. The van der Waals surface area contributed by atoms with E-state index in [9.17, 15) is 14.4 Å². The molecular formula is C15H13N3O3. The number of imide groups is 1. The van der Waals surface area contributed by atoms with Crippen LogP contribution in [0.5, 0.6) is 0 Å². The molecule has 0 radical (unpaired) electrons. The Labute approximate surface area is 121 Å². The lowest BCUT2D eigenvalue weighted by molar-refractivity contribution is -0.136. The predicted octanol–water partition coefficient (Wildman–Crippen LogP) is 0.514. The van der Waals surface area contributed by atoms with Crippen LogP contribution in [0.2, 0.25) is 0 Å². The van der Waals surface area contributed by atoms with E-state index in [0.717, 1.165) is 11.1 Å². The van der Waals surface area contributed by atoms with Gasteiger partial charge in [0.15, 0.2) is 0 Å². The summed E-state index contributed by atoms with van der Waals surface area (Å²) < 4.78 is 0. The molecule has 6 heteroatoms. The molecule has 106 valence electrons. The van der Waals surface area contributed by atoms with Crippen LogP contribution in [-0.2, 0) is 22.6 Å². The first-order valence-corrected chi connectivity index (χ1v) is 6.73. The summed E-state index contributed by atoms with van der Waals surface area (Å²) in [6.45, 7) is 0.347. The summed E-state index contributed by atoms with van der Waals surface area (Å²) in [5.41, 5.74) is 2.26. The molecule has 21 heavy (non-hydrogen) atoms. The quantitative estimate of drug-likeness (QED) is 0.801. The van der Waals surface area contributed by atoms with Gasteiger partial charge in [0, 0.05) is 18.5 Å². The van der Waals surface area contributed by atoms with E-state index >= 15 is 0 Å². The molecule has 1 aromatic carbocycles. The van der Waals surface area contributed by atoms with Gasteiger partial charge in [0.2, 0.25) is 11.8 Å². The second-order valence-corrected chi connectivity index (χ2v) is 5.23. The van der Waals surface area contributed by atoms with Crippen LogP contribution in [0.4, 0.5) is 0 Å². The largest absolute Gasteiger partial charge is 0.322 e. The molecule has 1 unspecified atom stereocenters. The molecule has 1 fully saturated rings. The first kappa shape index (κ1) is 13.3. The maximum Gasteiger partial charge on any atom is 0.255 e. The Morgan fingerprint density at radius 3 is 2.86 bits per heavy atom. The fraction of sp³-hybridized carbons (Fsp3) is 0.333. The van der Waals surface area contributed by atoms with Gasteiger partial charge in [-0.1, -0.05) is 12.1 Å². The van der Waals surface area contributed by atoms with Crippen molar-refractivity contribution in [1.29, 1.82) is 5.26 Å². The third-order valence-electron chi connectivity index (χ3n) is 3.87. The van der Waals surface area contributed by atoms with Crippen LogP contribution in [0.1, 0.15) is 34.3 Å². The van der Waals surface area contributed by atoms with Gasteiger partial charge in [-0.3, -0.25) is 19.7 Å². The Morgan fingerprint density at radius 2 is 2.14 bits per heavy atom. The standard InChI is InChI=1S/C15H13N3O3/c16-6-5-9-1-2-11-10(7-9)8-18(15(11)21)12-3-4-13(19)17-14(12)20/h1-2,7,12H,3-5,8H2,(H,17,19,20). The van der Waals surface area contributed by atoms with Gasteiger partial charge in [-0.15, -0.1) is 0 Å². The SMILES string of the molecule is N#CCc1ccc2c(c1)CN(C1CCC(=O)NC1=O)C2=O. The number of carbonyl (C=O) groups is 3. The van der Waals surface area contributed by atoms with Crippen molar-refractivity contribution in [3.05, 3.63) is 34.9 Å². The average molecular weight is 283 g/mol. The van der Waals surface area contributed by atoms with Gasteiger partial charge in [-0.05, 0) is 23.6 Å².